The largest absolute Gasteiger partial charge is 0.380 e. The predicted octanol–water partition coefficient (Wildman–Crippen LogP) is 2.99. The van der Waals surface area contributed by atoms with Gasteiger partial charge in [0.1, 0.15) is 0 Å². The van der Waals surface area contributed by atoms with Gasteiger partial charge >= 0.3 is 0 Å². The highest BCUT2D eigenvalue weighted by Crippen LogP contribution is 2.28. The van der Waals surface area contributed by atoms with Gasteiger partial charge in [-0.1, -0.05) is 42.5 Å². The van der Waals surface area contributed by atoms with Crippen LogP contribution in [0, 0.1) is 0 Å². The molecule has 0 spiro atoms. The molecule has 1 aliphatic rings. The van der Waals surface area contributed by atoms with Crippen LogP contribution in [0.15, 0.2) is 48.5 Å². The molecule has 7 nitrogen and oxygen atoms in total. The third-order valence-corrected chi connectivity index (χ3v) is 6.02. The Balaban J connectivity index is 1.46. The van der Waals surface area contributed by atoms with Crippen LogP contribution >= 0.6 is 0 Å². The summed E-state index contributed by atoms with van der Waals surface area (Å²) in [6, 6.07) is 16.4. The normalized spacial score (nSPS) is 13.9. The first-order chi connectivity index (χ1) is 16.6. The van der Waals surface area contributed by atoms with Gasteiger partial charge in [0.2, 0.25) is 11.8 Å². The van der Waals surface area contributed by atoms with Crippen molar-refractivity contribution in [2.24, 2.45) is 5.73 Å². The van der Waals surface area contributed by atoms with E-state index in [4.69, 9.17) is 15.2 Å². The number of ether oxygens (including phenoxy) is 2. The van der Waals surface area contributed by atoms with Crippen LogP contribution in [0.3, 0.4) is 0 Å². The number of nitrogens with one attached hydrogen (secondary N) is 1. The third-order valence-electron chi connectivity index (χ3n) is 6.02. The van der Waals surface area contributed by atoms with E-state index in [1.54, 1.807) is 0 Å². The second-order valence-electron chi connectivity index (χ2n) is 8.60. The van der Waals surface area contributed by atoms with Crippen LogP contribution in [0.1, 0.15) is 42.9 Å². The molecule has 7 heteroatoms. The number of hydrogen-bond donors (Lipinski definition) is 2. The molecule has 2 aromatic carbocycles. The molecule has 3 rings (SSSR count). The fraction of sp³-hybridized carbons (Fsp3) is 0.481. The molecule has 0 saturated carbocycles. The molecule has 1 aliphatic heterocycles. The molecule has 1 unspecified atom stereocenters. The maximum absolute atomic E-state index is 13.2. The molecule has 1 atom stereocenters. The van der Waals surface area contributed by atoms with Crippen molar-refractivity contribution in [1.29, 1.82) is 0 Å². The fourth-order valence-electron chi connectivity index (χ4n) is 4.09. The van der Waals surface area contributed by atoms with E-state index in [1.807, 2.05) is 42.2 Å². The molecule has 0 aliphatic carbocycles. The summed E-state index contributed by atoms with van der Waals surface area (Å²) in [5.74, 6) is -0.107. The van der Waals surface area contributed by atoms with Crippen molar-refractivity contribution in [3.05, 3.63) is 65.2 Å². The molecule has 0 bridgehead atoms. The lowest BCUT2D eigenvalue weighted by molar-refractivity contribution is -0.122. The molecule has 34 heavy (non-hydrogen) atoms. The first-order valence-corrected chi connectivity index (χ1v) is 12.2. The van der Waals surface area contributed by atoms with Gasteiger partial charge in [-0.15, -0.1) is 0 Å². The Labute approximate surface area is 202 Å². The van der Waals surface area contributed by atoms with E-state index in [9.17, 15) is 9.59 Å². The second-order valence-corrected chi connectivity index (χ2v) is 8.60. The maximum atomic E-state index is 13.2. The Morgan fingerprint density at radius 2 is 1.68 bits per heavy atom. The molecule has 0 saturated heterocycles. The van der Waals surface area contributed by atoms with E-state index in [1.165, 1.54) is 16.7 Å². The lowest BCUT2D eigenvalue weighted by Gasteiger charge is -2.29. The van der Waals surface area contributed by atoms with Gasteiger partial charge in [0.05, 0.1) is 25.9 Å². The zero-order valence-electron chi connectivity index (χ0n) is 20.1. The number of amides is 2. The average Bonchev–Trinajstić information content (AvgIpc) is 2.83. The maximum Gasteiger partial charge on any atom is 0.229 e. The standard InChI is InChI=1S/C27H37N3O4/c1-21(13-17-33-19-15-28)34-18-14-26(31)29-16-12-27(32)30-20-24-8-3-2-6-22(24)10-11-23-7-4-5-9-25(23)30/h2-9,21H,10-20,28H2,1H3,(H,29,31). The molecule has 184 valence electrons. The summed E-state index contributed by atoms with van der Waals surface area (Å²) < 4.78 is 11.0. The van der Waals surface area contributed by atoms with Crippen molar-refractivity contribution in [1.82, 2.24) is 5.32 Å². The number of benzene rings is 2. The summed E-state index contributed by atoms with van der Waals surface area (Å²) in [6.45, 7) is 4.80. The summed E-state index contributed by atoms with van der Waals surface area (Å²) in [4.78, 5) is 27.2. The summed E-state index contributed by atoms with van der Waals surface area (Å²) in [5.41, 5.74) is 9.98. The third kappa shape index (κ3) is 7.94. The van der Waals surface area contributed by atoms with E-state index >= 15 is 0 Å². The van der Waals surface area contributed by atoms with E-state index in [-0.39, 0.29) is 30.8 Å². The van der Waals surface area contributed by atoms with Gasteiger partial charge in [0, 0.05) is 38.2 Å². The summed E-state index contributed by atoms with van der Waals surface area (Å²) in [7, 11) is 0. The van der Waals surface area contributed by atoms with E-state index in [2.05, 4.69) is 23.5 Å². The Hall–Kier alpha value is -2.74. The smallest absolute Gasteiger partial charge is 0.229 e. The van der Waals surface area contributed by atoms with Gasteiger partial charge in [-0.2, -0.15) is 0 Å². The van der Waals surface area contributed by atoms with Crippen LogP contribution in [-0.2, 0) is 38.4 Å². The number of aryl methyl sites for hydroxylation is 2. The number of para-hydroxylation sites is 1. The Morgan fingerprint density at radius 3 is 2.47 bits per heavy atom. The van der Waals surface area contributed by atoms with E-state index in [0.29, 0.717) is 39.5 Å². The van der Waals surface area contributed by atoms with Crippen molar-refractivity contribution < 1.29 is 19.1 Å². The number of nitrogens with two attached hydrogens (primary N) is 1. The highest BCUT2D eigenvalue weighted by Gasteiger charge is 2.22. The molecule has 1 heterocycles. The molecule has 0 radical (unpaired) electrons. The number of carbonyl (C=O) groups excluding carboxylic acids is 2. The van der Waals surface area contributed by atoms with Crippen molar-refractivity contribution in [3.63, 3.8) is 0 Å². The molecular weight excluding hydrogens is 430 g/mol. The number of nitrogens with zero attached hydrogens (tertiary/aromatic N) is 1. The van der Waals surface area contributed by atoms with Gasteiger partial charge < -0.3 is 25.4 Å². The first kappa shape index (κ1) is 25.9. The minimum Gasteiger partial charge on any atom is -0.380 e. The number of hydrogen-bond acceptors (Lipinski definition) is 5. The summed E-state index contributed by atoms with van der Waals surface area (Å²) in [5, 5.41) is 2.85. The van der Waals surface area contributed by atoms with Crippen LogP contribution in [-0.4, -0.2) is 50.8 Å². The minimum absolute atomic E-state index is 0.00630. The van der Waals surface area contributed by atoms with E-state index in [0.717, 1.165) is 24.9 Å². The van der Waals surface area contributed by atoms with Gasteiger partial charge in [-0.3, -0.25) is 9.59 Å². The number of anilines is 1. The Bertz CT molecular complexity index is 934. The van der Waals surface area contributed by atoms with Crippen molar-refractivity contribution in [3.8, 4) is 0 Å². The molecule has 3 N–H and O–H groups in total. The first-order valence-electron chi connectivity index (χ1n) is 12.2. The molecule has 2 amide bonds. The lowest BCUT2D eigenvalue weighted by atomic mass is 9.95. The molecule has 0 aromatic heterocycles. The minimum atomic E-state index is -0.113. The zero-order chi connectivity index (χ0) is 24.2. The number of rotatable bonds is 12. The zero-order valence-corrected chi connectivity index (χ0v) is 20.1. The fourth-order valence-corrected chi connectivity index (χ4v) is 4.09. The van der Waals surface area contributed by atoms with Crippen LogP contribution < -0.4 is 16.0 Å². The number of carbonyl (C=O) groups is 2. The summed E-state index contributed by atoms with van der Waals surface area (Å²) >= 11 is 0. The predicted molar refractivity (Wildman–Crippen MR) is 134 cm³/mol. The Kier molecular flexibility index (Phi) is 10.5. The van der Waals surface area contributed by atoms with E-state index < -0.39 is 0 Å². The van der Waals surface area contributed by atoms with Gasteiger partial charge in [-0.25, -0.2) is 0 Å². The molecule has 0 fully saturated rings. The Morgan fingerprint density at radius 1 is 0.971 bits per heavy atom. The van der Waals surface area contributed by atoms with Crippen molar-refractivity contribution in [2.45, 2.75) is 51.7 Å². The van der Waals surface area contributed by atoms with Crippen LogP contribution in [0.2, 0.25) is 0 Å². The van der Waals surface area contributed by atoms with Crippen LogP contribution in [0.25, 0.3) is 0 Å². The van der Waals surface area contributed by atoms with Gasteiger partial charge in [-0.05, 0) is 48.9 Å². The van der Waals surface area contributed by atoms with Crippen LogP contribution in [0.5, 0.6) is 0 Å². The SMILES string of the molecule is CC(CCOCCN)OCCC(=O)NCCC(=O)N1Cc2ccccc2CCc2ccccc21. The van der Waals surface area contributed by atoms with Gasteiger partial charge in [0.25, 0.3) is 0 Å². The molecule has 2 aromatic rings. The second kappa shape index (κ2) is 13.8. The topological polar surface area (TPSA) is 93.9 Å². The summed E-state index contributed by atoms with van der Waals surface area (Å²) in [6.07, 6.45) is 3.15. The van der Waals surface area contributed by atoms with Gasteiger partial charge in [0.15, 0.2) is 0 Å². The molecular formula is C27H37N3O4. The number of fused-ring (bicyclic) bond motifs is 2. The van der Waals surface area contributed by atoms with Crippen molar-refractivity contribution in [2.75, 3.05) is 37.8 Å². The van der Waals surface area contributed by atoms with Crippen LogP contribution in [0.4, 0.5) is 5.69 Å². The van der Waals surface area contributed by atoms with Crippen molar-refractivity contribution >= 4 is 17.5 Å². The average molecular weight is 468 g/mol. The highest BCUT2D eigenvalue weighted by molar-refractivity contribution is 5.94. The quantitative estimate of drug-likeness (QED) is 0.468. The monoisotopic (exact) mass is 467 g/mol. The lowest BCUT2D eigenvalue weighted by Crippen LogP contribution is -2.36. The highest BCUT2D eigenvalue weighted by atomic mass is 16.5.